The first-order valence-corrected chi connectivity index (χ1v) is 7.34. The molecule has 2 aromatic heterocycles. The number of nitrogens with one attached hydrogen (secondary N) is 2. The van der Waals surface area contributed by atoms with Gasteiger partial charge in [-0.15, -0.1) is 0 Å². The van der Waals surface area contributed by atoms with Gasteiger partial charge in [0.1, 0.15) is 5.82 Å². The third kappa shape index (κ3) is 3.74. The van der Waals surface area contributed by atoms with Gasteiger partial charge in [0.25, 0.3) is 0 Å². The maximum atomic E-state index is 11.4. The molecule has 0 aliphatic carbocycles. The van der Waals surface area contributed by atoms with Crippen LogP contribution >= 0.6 is 11.3 Å². The van der Waals surface area contributed by atoms with E-state index in [1.165, 1.54) is 5.56 Å². The number of amides is 1. The number of anilines is 2. The summed E-state index contributed by atoms with van der Waals surface area (Å²) in [6.45, 7) is 5.58. The molecule has 2 heterocycles. The molecule has 2 aromatic rings. The summed E-state index contributed by atoms with van der Waals surface area (Å²) in [5.74, 6) is 1.19. The lowest BCUT2D eigenvalue weighted by Gasteiger charge is -2.13. The zero-order valence-corrected chi connectivity index (χ0v) is 12.5. The van der Waals surface area contributed by atoms with E-state index in [9.17, 15) is 4.79 Å². The number of carbonyl (C=O) groups excluding carboxylic acids is 1. The molecule has 2 N–H and O–H groups in total. The topological polar surface area (TPSA) is 79.8 Å². The molecule has 0 fully saturated rings. The Hall–Kier alpha value is -2.02. The maximum absolute atomic E-state index is 11.4. The van der Waals surface area contributed by atoms with Gasteiger partial charge >= 0.3 is 0 Å². The summed E-state index contributed by atoms with van der Waals surface area (Å²) >= 11 is 1.65. The minimum atomic E-state index is -0.118. The lowest BCUT2D eigenvalue weighted by Crippen LogP contribution is -2.16. The second-order valence-corrected chi connectivity index (χ2v) is 5.13. The minimum Gasteiger partial charge on any atom is -0.348 e. The number of carbonyl (C=O) groups is 1. The van der Waals surface area contributed by atoms with Gasteiger partial charge < -0.3 is 5.32 Å². The van der Waals surface area contributed by atoms with Crippen LogP contribution in [-0.2, 0) is 4.79 Å². The van der Waals surface area contributed by atoms with Crippen LogP contribution in [-0.4, -0.2) is 20.9 Å². The van der Waals surface area contributed by atoms with Crippen molar-refractivity contribution < 1.29 is 4.79 Å². The van der Waals surface area contributed by atoms with Gasteiger partial charge in [0.2, 0.25) is 17.8 Å². The largest absolute Gasteiger partial charge is 0.348 e. The monoisotopic (exact) mass is 291 g/mol. The van der Waals surface area contributed by atoms with Crippen LogP contribution in [0.4, 0.5) is 11.9 Å². The number of thiophene rings is 1. The third-order valence-corrected chi connectivity index (χ3v) is 3.41. The molecule has 0 radical (unpaired) electrons. The fraction of sp³-hybridized carbons (Fsp3) is 0.385. The molecule has 7 heteroatoms. The van der Waals surface area contributed by atoms with Crippen molar-refractivity contribution in [1.29, 1.82) is 0 Å². The smallest absolute Gasteiger partial charge is 0.234 e. The summed E-state index contributed by atoms with van der Waals surface area (Å²) in [5, 5.41) is 9.95. The van der Waals surface area contributed by atoms with Crippen molar-refractivity contribution in [2.24, 2.45) is 0 Å². The van der Waals surface area contributed by atoms with E-state index in [4.69, 9.17) is 0 Å². The van der Waals surface area contributed by atoms with Gasteiger partial charge in [0.05, 0.1) is 6.04 Å². The molecular weight excluding hydrogens is 274 g/mol. The van der Waals surface area contributed by atoms with Crippen LogP contribution in [0.5, 0.6) is 0 Å². The molecule has 1 atom stereocenters. The number of hydrogen-bond acceptors (Lipinski definition) is 6. The van der Waals surface area contributed by atoms with E-state index in [2.05, 4.69) is 37.0 Å². The molecule has 0 saturated heterocycles. The minimum absolute atomic E-state index is 0.0952. The molecule has 0 aromatic carbocycles. The Morgan fingerprint density at radius 1 is 1.35 bits per heavy atom. The van der Waals surface area contributed by atoms with E-state index in [1.807, 2.05) is 12.3 Å². The van der Waals surface area contributed by atoms with Gasteiger partial charge in [0.15, 0.2) is 0 Å². The standard InChI is InChI=1S/C13H17N5OS/c1-4-11(19)17-13-16-9(3)15-12(18-13)14-8(2)10-5-6-20-7-10/h5-8H,4H2,1-3H3,(H2,14,15,16,17,18,19). The van der Waals surface area contributed by atoms with Crippen LogP contribution in [0.1, 0.15) is 37.7 Å². The van der Waals surface area contributed by atoms with Crippen LogP contribution in [0.25, 0.3) is 0 Å². The number of aryl methyl sites for hydroxylation is 1. The Morgan fingerprint density at radius 2 is 2.10 bits per heavy atom. The number of rotatable bonds is 5. The van der Waals surface area contributed by atoms with Crippen LogP contribution < -0.4 is 10.6 Å². The second-order valence-electron chi connectivity index (χ2n) is 4.35. The zero-order chi connectivity index (χ0) is 14.5. The first-order chi connectivity index (χ1) is 9.58. The highest BCUT2D eigenvalue weighted by molar-refractivity contribution is 7.07. The Kier molecular flexibility index (Phi) is 4.62. The van der Waals surface area contributed by atoms with Gasteiger partial charge in [-0.3, -0.25) is 10.1 Å². The van der Waals surface area contributed by atoms with E-state index in [0.717, 1.165) is 0 Å². The summed E-state index contributed by atoms with van der Waals surface area (Å²) in [4.78, 5) is 23.9. The van der Waals surface area contributed by atoms with E-state index in [1.54, 1.807) is 25.2 Å². The Bertz CT molecular complexity index is 584. The molecule has 0 aliphatic rings. The zero-order valence-electron chi connectivity index (χ0n) is 11.7. The first-order valence-electron chi connectivity index (χ1n) is 6.39. The van der Waals surface area contributed by atoms with Crippen LogP contribution in [0.3, 0.4) is 0 Å². The first kappa shape index (κ1) is 14.4. The summed E-state index contributed by atoms with van der Waals surface area (Å²) in [6, 6.07) is 2.15. The van der Waals surface area contributed by atoms with Crippen molar-refractivity contribution in [2.75, 3.05) is 10.6 Å². The SMILES string of the molecule is CCC(=O)Nc1nc(C)nc(NC(C)c2ccsc2)n1. The predicted octanol–water partition coefficient (Wildman–Crippen LogP) is 2.76. The summed E-state index contributed by atoms with van der Waals surface area (Å²) in [7, 11) is 0. The molecule has 0 spiro atoms. The van der Waals surface area contributed by atoms with Gasteiger partial charge in [-0.2, -0.15) is 26.3 Å². The Labute approximate surface area is 121 Å². The highest BCUT2D eigenvalue weighted by atomic mass is 32.1. The fourth-order valence-corrected chi connectivity index (χ4v) is 2.37. The number of nitrogens with zero attached hydrogens (tertiary/aromatic N) is 3. The highest BCUT2D eigenvalue weighted by Crippen LogP contribution is 2.19. The molecule has 20 heavy (non-hydrogen) atoms. The van der Waals surface area contributed by atoms with Gasteiger partial charge in [-0.1, -0.05) is 6.92 Å². The number of aromatic nitrogens is 3. The van der Waals surface area contributed by atoms with Crippen molar-refractivity contribution in [3.63, 3.8) is 0 Å². The molecular formula is C13H17N5OS. The molecule has 1 amide bonds. The molecule has 2 rings (SSSR count). The van der Waals surface area contributed by atoms with Gasteiger partial charge in [-0.05, 0) is 36.2 Å². The second kappa shape index (κ2) is 6.42. The van der Waals surface area contributed by atoms with E-state index < -0.39 is 0 Å². The van der Waals surface area contributed by atoms with Crippen LogP contribution in [0.15, 0.2) is 16.8 Å². The molecule has 106 valence electrons. The normalized spacial score (nSPS) is 11.9. The fourth-order valence-electron chi connectivity index (χ4n) is 1.61. The third-order valence-electron chi connectivity index (χ3n) is 2.71. The average molecular weight is 291 g/mol. The summed E-state index contributed by atoms with van der Waals surface area (Å²) < 4.78 is 0. The maximum Gasteiger partial charge on any atom is 0.234 e. The highest BCUT2D eigenvalue weighted by Gasteiger charge is 2.10. The average Bonchev–Trinajstić information content (AvgIpc) is 2.91. The lowest BCUT2D eigenvalue weighted by atomic mass is 10.2. The Morgan fingerprint density at radius 3 is 2.75 bits per heavy atom. The molecule has 0 saturated carbocycles. The van der Waals surface area contributed by atoms with Crippen molar-refractivity contribution in [1.82, 2.24) is 15.0 Å². The van der Waals surface area contributed by atoms with Crippen LogP contribution in [0, 0.1) is 6.92 Å². The summed E-state index contributed by atoms with van der Waals surface area (Å²) in [6.07, 6.45) is 0.388. The molecule has 6 nitrogen and oxygen atoms in total. The lowest BCUT2D eigenvalue weighted by molar-refractivity contribution is -0.115. The summed E-state index contributed by atoms with van der Waals surface area (Å²) in [5.41, 5.74) is 1.17. The van der Waals surface area contributed by atoms with Crippen LogP contribution in [0.2, 0.25) is 0 Å². The van der Waals surface area contributed by atoms with Crippen molar-refractivity contribution in [3.05, 3.63) is 28.2 Å². The molecule has 0 aliphatic heterocycles. The molecule has 1 unspecified atom stereocenters. The van der Waals surface area contributed by atoms with Crippen molar-refractivity contribution >= 4 is 29.1 Å². The van der Waals surface area contributed by atoms with Gasteiger partial charge in [0, 0.05) is 6.42 Å². The predicted molar refractivity (Wildman–Crippen MR) is 79.8 cm³/mol. The van der Waals surface area contributed by atoms with E-state index >= 15 is 0 Å². The van der Waals surface area contributed by atoms with Gasteiger partial charge in [-0.25, -0.2) is 0 Å². The van der Waals surface area contributed by atoms with Crippen molar-refractivity contribution in [3.8, 4) is 0 Å². The quantitative estimate of drug-likeness (QED) is 0.885. The Balaban J connectivity index is 2.13. The number of hydrogen-bond donors (Lipinski definition) is 2. The van der Waals surface area contributed by atoms with E-state index in [-0.39, 0.29) is 17.9 Å². The molecule has 0 bridgehead atoms. The van der Waals surface area contributed by atoms with Crippen molar-refractivity contribution in [2.45, 2.75) is 33.2 Å². The van der Waals surface area contributed by atoms with E-state index in [0.29, 0.717) is 18.2 Å².